The molecule has 1 aromatic heterocycles. The van der Waals surface area contributed by atoms with Crippen molar-refractivity contribution in [3.8, 4) is 0 Å². The molecule has 0 radical (unpaired) electrons. The fraction of sp³-hybridized carbons (Fsp3) is 0. The van der Waals surface area contributed by atoms with Gasteiger partial charge in [-0.05, 0) is 18.2 Å². The molecule has 0 bridgehead atoms. The first-order valence-electron chi connectivity index (χ1n) is 4.30. The number of amides is 1. The molecule has 0 aliphatic rings. The lowest BCUT2D eigenvalue weighted by Crippen LogP contribution is -2.12. The first-order valence-corrected chi connectivity index (χ1v) is 6.00. The molecule has 0 unspecified atom stereocenters. The van der Waals surface area contributed by atoms with Crippen molar-refractivity contribution in [2.75, 3.05) is 5.73 Å². The van der Waals surface area contributed by atoms with Gasteiger partial charge in [0.05, 0.1) is 5.56 Å². The maximum atomic E-state index is 11.2. The number of nitrogen functional groups attached to an aromatic ring is 1. The van der Waals surface area contributed by atoms with Gasteiger partial charge in [0.2, 0.25) is 5.91 Å². The van der Waals surface area contributed by atoms with Crippen LogP contribution in [0.3, 0.4) is 0 Å². The Morgan fingerprint density at radius 1 is 1.44 bits per heavy atom. The topological polar surface area (TPSA) is 94.9 Å². The molecule has 16 heavy (non-hydrogen) atoms. The van der Waals surface area contributed by atoms with Crippen molar-refractivity contribution in [1.82, 2.24) is 10.2 Å². The highest BCUT2D eigenvalue weighted by Crippen LogP contribution is 2.31. The van der Waals surface area contributed by atoms with Gasteiger partial charge in [-0.25, -0.2) is 0 Å². The average Bonchev–Trinajstić information content (AvgIpc) is 2.73. The number of nitrogens with zero attached hydrogens (tertiary/aromatic N) is 2. The standard InChI is InChI=1S/C9H8N4OS2/c10-5-1-2-7(6(3-5)8(11)14)16-9-13-12-4-15-9/h1-4H,10H2,(H2,11,14). The third kappa shape index (κ3) is 2.31. The van der Waals surface area contributed by atoms with Crippen molar-refractivity contribution in [3.63, 3.8) is 0 Å². The van der Waals surface area contributed by atoms with Crippen LogP contribution in [0.1, 0.15) is 10.4 Å². The second-order valence-electron chi connectivity index (χ2n) is 2.93. The normalized spacial score (nSPS) is 10.2. The molecule has 0 saturated heterocycles. The summed E-state index contributed by atoms with van der Waals surface area (Å²) >= 11 is 2.75. The maximum absolute atomic E-state index is 11.2. The number of primary amides is 1. The Kier molecular flexibility index (Phi) is 3.07. The van der Waals surface area contributed by atoms with Crippen LogP contribution in [-0.2, 0) is 0 Å². The van der Waals surface area contributed by atoms with Crippen LogP contribution in [0.5, 0.6) is 0 Å². The van der Waals surface area contributed by atoms with Crippen LogP contribution in [0, 0.1) is 0 Å². The number of aromatic nitrogens is 2. The minimum atomic E-state index is -0.501. The first-order chi connectivity index (χ1) is 7.66. The van der Waals surface area contributed by atoms with Crippen molar-refractivity contribution < 1.29 is 4.79 Å². The smallest absolute Gasteiger partial charge is 0.249 e. The second kappa shape index (κ2) is 4.50. The Morgan fingerprint density at radius 2 is 2.25 bits per heavy atom. The zero-order valence-electron chi connectivity index (χ0n) is 8.08. The van der Waals surface area contributed by atoms with Crippen LogP contribution < -0.4 is 11.5 Å². The minimum absolute atomic E-state index is 0.403. The number of anilines is 1. The van der Waals surface area contributed by atoms with Gasteiger partial charge in [0, 0.05) is 10.6 Å². The molecule has 0 saturated carbocycles. The summed E-state index contributed by atoms with van der Waals surface area (Å²) in [7, 11) is 0. The van der Waals surface area contributed by atoms with Gasteiger partial charge in [-0.15, -0.1) is 10.2 Å². The fourth-order valence-corrected chi connectivity index (χ4v) is 2.68. The van der Waals surface area contributed by atoms with E-state index < -0.39 is 5.91 Å². The SMILES string of the molecule is NC(=O)c1cc(N)ccc1Sc1nncs1. The van der Waals surface area contributed by atoms with E-state index in [1.54, 1.807) is 23.7 Å². The zero-order chi connectivity index (χ0) is 11.5. The molecule has 1 amide bonds. The molecule has 0 aliphatic heterocycles. The van der Waals surface area contributed by atoms with Gasteiger partial charge in [0.15, 0.2) is 4.34 Å². The van der Waals surface area contributed by atoms with Crippen molar-refractivity contribution in [1.29, 1.82) is 0 Å². The molecular weight excluding hydrogens is 244 g/mol. The summed E-state index contributed by atoms with van der Waals surface area (Å²) < 4.78 is 0.757. The lowest BCUT2D eigenvalue weighted by atomic mass is 10.2. The van der Waals surface area contributed by atoms with Crippen LogP contribution in [0.15, 0.2) is 32.9 Å². The summed E-state index contributed by atoms with van der Waals surface area (Å²) in [5.41, 5.74) is 13.4. The average molecular weight is 252 g/mol. The van der Waals surface area contributed by atoms with Crippen molar-refractivity contribution in [2.24, 2.45) is 5.73 Å². The molecule has 4 N–H and O–H groups in total. The quantitative estimate of drug-likeness (QED) is 0.804. The predicted molar refractivity (Wildman–Crippen MR) is 63.4 cm³/mol. The highest BCUT2D eigenvalue weighted by molar-refractivity contribution is 8.01. The van der Waals surface area contributed by atoms with Gasteiger partial charge in [0.1, 0.15) is 5.51 Å². The zero-order valence-corrected chi connectivity index (χ0v) is 9.72. The van der Waals surface area contributed by atoms with E-state index in [1.807, 2.05) is 0 Å². The molecule has 0 aliphatic carbocycles. The molecule has 1 heterocycles. The van der Waals surface area contributed by atoms with E-state index in [0.717, 1.165) is 9.24 Å². The van der Waals surface area contributed by atoms with Crippen LogP contribution in [0.25, 0.3) is 0 Å². The number of hydrogen-bond donors (Lipinski definition) is 2. The van der Waals surface area contributed by atoms with Gasteiger partial charge in [-0.3, -0.25) is 4.79 Å². The Bertz CT molecular complexity index is 512. The van der Waals surface area contributed by atoms with Gasteiger partial charge >= 0.3 is 0 Å². The highest BCUT2D eigenvalue weighted by atomic mass is 32.2. The Labute approximate surface area is 99.9 Å². The molecule has 5 nitrogen and oxygen atoms in total. The van der Waals surface area contributed by atoms with E-state index in [4.69, 9.17) is 11.5 Å². The molecule has 82 valence electrons. The fourth-order valence-electron chi connectivity index (χ4n) is 1.13. The summed E-state index contributed by atoms with van der Waals surface area (Å²) in [6.45, 7) is 0. The van der Waals surface area contributed by atoms with Crippen LogP contribution in [-0.4, -0.2) is 16.1 Å². The minimum Gasteiger partial charge on any atom is -0.399 e. The summed E-state index contributed by atoms with van der Waals surface area (Å²) in [5.74, 6) is -0.501. The molecule has 0 spiro atoms. The predicted octanol–water partition coefficient (Wildman–Crippen LogP) is 1.37. The number of nitrogens with two attached hydrogens (primary N) is 2. The lowest BCUT2D eigenvalue weighted by Gasteiger charge is -2.04. The Morgan fingerprint density at radius 3 is 2.88 bits per heavy atom. The van der Waals surface area contributed by atoms with Crippen molar-refractivity contribution in [3.05, 3.63) is 29.3 Å². The second-order valence-corrected chi connectivity index (χ2v) is 5.05. The molecule has 0 fully saturated rings. The van der Waals surface area contributed by atoms with Crippen molar-refractivity contribution in [2.45, 2.75) is 9.24 Å². The third-order valence-corrected chi connectivity index (χ3v) is 3.66. The van der Waals surface area contributed by atoms with Crippen LogP contribution in [0.4, 0.5) is 5.69 Å². The highest BCUT2D eigenvalue weighted by Gasteiger charge is 2.11. The number of carbonyl (C=O) groups excluding carboxylic acids is 1. The van der Waals surface area contributed by atoms with Gasteiger partial charge in [0.25, 0.3) is 0 Å². The molecule has 7 heteroatoms. The summed E-state index contributed by atoms with van der Waals surface area (Å²) in [4.78, 5) is 12.0. The summed E-state index contributed by atoms with van der Waals surface area (Å²) in [6, 6.07) is 5.03. The monoisotopic (exact) mass is 252 g/mol. The number of rotatable bonds is 3. The molecule has 2 rings (SSSR count). The van der Waals surface area contributed by atoms with E-state index in [-0.39, 0.29) is 0 Å². The third-order valence-electron chi connectivity index (χ3n) is 1.81. The van der Waals surface area contributed by atoms with E-state index in [9.17, 15) is 4.79 Å². The molecular formula is C9H8N4OS2. The Balaban J connectivity index is 2.36. The summed E-state index contributed by atoms with van der Waals surface area (Å²) in [6.07, 6.45) is 0. The van der Waals surface area contributed by atoms with Gasteiger partial charge in [-0.2, -0.15) is 0 Å². The van der Waals surface area contributed by atoms with Gasteiger partial charge in [-0.1, -0.05) is 23.1 Å². The largest absolute Gasteiger partial charge is 0.399 e. The van der Waals surface area contributed by atoms with Crippen LogP contribution >= 0.6 is 23.1 Å². The summed E-state index contributed by atoms with van der Waals surface area (Å²) in [5, 5.41) is 7.60. The number of benzene rings is 1. The van der Waals surface area contributed by atoms with E-state index in [0.29, 0.717) is 11.3 Å². The molecule has 2 aromatic rings. The van der Waals surface area contributed by atoms with Gasteiger partial charge < -0.3 is 11.5 Å². The lowest BCUT2D eigenvalue weighted by molar-refractivity contribution is 0.0997. The van der Waals surface area contributed by atoms with Crippen molar-refractivity contribution >= 4 is 34.7 Å². The maximum Gasteiger partial charge on any atom is 0.249 e. The van der Waals surface area contributed by atoms with Crippen LogP contribution in [0.2, 0.25) is 0 Å². The molecule has 1 aromatic carbocycles. The van der Waals surface area contributed by atoms with E-state index in [2.05, 4.69) is 10.2 Å². The first kappa shape index (κ1) is 10.9. The van der Waals surface area contributed by atoms with E-state index >= 15 is 0 Å². The van der Waals surface area contributed by atoms with E-state index in [1.165, 1.54) is 23.1 Å². The Hall–Kier alpha value is -1.60. The number of carbonyl (C=O) groups is 1. The molecule has 0 atom stereocenters. The number of hydrogen-bond acceptors (Lipinski definition) is 6.